The van der Waals surface area contributed by atoms with E-state index in [1.807, 2.05) is 0 Å². The summed E-state index contributed by atoms with van der Waals surface area (Å²) in [6.07, 6.45) is 1.74. The number of hydrogen-bond donors (Lipinski definition) is 1. The lowest BCUT2D eigenvalue weighted by Gasteiger charge is -2.20. The van der Waals surface area contributed by atoms with E-state index in [0.29, 0.717) is 5.71 Å². The molecule has 0 radical (unpaired) electrons. The van der Waals surface area contributed by atoms with E-state index in [2.05, 4.69) is 14.7 Å². The monoisotopic (exact) mass is 286 g/mol. The second-order valence-corrected chi connectivity index (χ2v) is 5.00. The van der Waals surface area contributed by atoms with Gasteiger partial charge in [0.15, 0.2) is 0 Å². The Morgan fingerprint density at radius 3 is 2.80 bits per heavy atom. The molecule has 0 saturated carbocycles. The van der Waals surface area contributed by atoms with Gasteiger partial charge in [-0.3, -0.25) is 4.79 Å². The Kier molecular flexibility index (Phi) is 5.38. The highest BCUT2D eigenvalue weighted by Crippen LogP contribution is 2.22. The third kappa shape index (κ3) is 4.12. The van der Waals surface area contributed by atoms with Crippen LogP contribution in [-0.2, 0) is 19.2 Å². The van der Waals surface area contributed by atoms with Gasteiger partial charge in [0.2, 0.25) is 0 Å². The lowest BCUT2D eigenvalue weighted by Crippen LogP contribution is -2.45. The average Bonchev–Trinajstić information content (AvgIpc) is 2.69. The molecular weight excluding hydrogens is 267 g/mol. The fourth-order valence-electron chi connectivity index (χ4n) is 1.79. The predicted octanol–water partition coefficient (Wildman–Crippen LogP) is 1.45. The highest BCUT2D eigenvalue weighted by atomic mass is 19.1. The Balaban J connectivity index is 2.49. The van der Waals surface area contributed by atoms with Crippen LogP contribution in [0.2, 0.25) is 0 Å². The van der Waals surface area contributed by atoms with Crippen molar-refractivity contribution >= 4 is 17.7 Å². The summed E-state index contributed by atoms with van der Waals surface area (Å²) < 4.78 is 18.3. The molecule has 1 heterocycles. The Morgan fingerprint density at radius 1 is 1.65 bits per heavy atom. The lowest BCUT2D eigenvalue weighted by molar-refractivity contribution is -0.146. The first kappa shape index (κ1) is 16.3. The van der Waals surface area contributed by atoms with Crippen LogP contribution in [0.1, 0.15) is 33.1 Å². The number of esters is 1. The van der Waals surface area contributed by atoms with Crippen molar-refractivity contribution in [2.45, 2.75) is 38.6 Å². The van der Waals surface area contributed by atoms with Crippen molar-refractivity contribution in [2.24, 2.45) is 16.8 Å². The number of carbonyl (C=O) groups is 2. The van der Waals surface area contributed by atoms with Gasteiger partial charge in [0.05, 0.1) is 18.6 Å². The zero-order valence-electron chi connectivity index (χ0n) is 11.8. The molecule has 0 bridgehead atoms. The second kappa shape index (κ2) is 6.60. The average molecular weight is 286 g/mol. The smallest absolute Gasteiger partial charge is 0.344 e. The molecule has 112 valence electrons. The first-order valence-electron chi connectivity index (χ1n) is 6.25. The van der Waals surface area contributed by atoms with E-state index in [9.17, 15) is 14.0 Å². The second-order valence-electron chi connectivity index (χ2n) is 5.00. The number of allylic oxidation sites excluding steroid dienone is 2. The van der Waals surface area contributed by atoms with Gasteiger partial charge in [-0.2, -0.15) is 0 Å². The molecule has 0 aromatic carbocycles. The maximum absolute atomic E-state index is 13.7. The summed E-state index contributed by atoms with van der Waals surface area (Å²) in [6, 6.07) is 0. The fourth-order valence-corrected chi connectivity index (χ4v) is 1.79. The molecule has 1 aliphatic rings. The van der Waals surface area contributed by atoms with Gasteiger partial charge < -0.3 is 15.3 Å². The minimum atomic E-state index is -1.16. The van der Waals surface area contributed by atoms with Crippen LogP contribution in [-0.4, -0.2) is 30.3 Å². The first-order valence-corrected chi connectivity index (χ1v) is 6.25. The molecule has 2 unspecified atom stereocenters. The lowest BCUT2D eigenvalue weighted by atomic mass is 9.96. The molecule has 6 nitrogen and oxygen atoms in total. The van der Waals surface area contributed by atoms with E-state index in [4.69, 9.17) is 5.73 Å². The molecule has 0 aromatic rings. The zero-order valence-corrected chi connectivity index (χ0v) is 11.8. The number of ether oxygens (including phenoxy) is 1. The quantitative estimate of drug-likeness (QED) is 0.589. The summed E-state index contributed by atoms with van der Waals surface area (Å²) in [6.45, 7) is 3.13. The van der Waals surface area contributed by atoms with Crippen molar-refractivity contribution in [3.05, 3.63) is 11.9 Å². The fraction of sp³-hybridized carbons (Fsp3) is 0.615. The van der Waals surface area contributed by atoms with Gasteiger partial charge in [-0.05, 0) is 26.7 Å². The van der Waals surface area contributed by atoms with E-state index < -0.39 is 29.2 Å². The summed E-state index contributed by atoms with van der Waals surface area (Å²) in [5, 5.41) is 3.50. The number of halogens is 1. The molecule has 20 heavy (non-hydrogen) atoms. The number of nitrogens with two attached hydrogens (primary N) is 1. The SMILES string of the molecule is COC(=O)C(C)(N)CCC=C(F)CC1C(=O)ON=C1C. The largest absolute Gasteiger partial charge is 0.468 e. The maximum atomic E-state index is 13.7. The Bertz CT molecular complexity index is 457. The first-order chi connectivity index (χ1) is 9.27. The van der Waals surface area contributed by atoms with Crippen LogP contribution in [0.3, 0.4) is 0 Å². The zero-order chi connectivity index (χ0) is 15.3. The molecule has 0 amide bonds. The number of hydrogen-bond acceptors (Lipinski definition) is 6. The van der Waals surface area contributed by atoms with E-state index >= 15 is 0 Å². The molecule has 7 heteroatoms. The van der Waals surface area contributed by atoms with Crippen molar-refractivity contribution in [3.8, 4) is 0 Å². The molecule has 2 N–H and O–H groups in total. The molecule has 0 spiro atoms. The van der Waals surface area contributed by atoms with Gasteiger partial charge in [-0.1, -0.05) is 11.2 Å². The highest BCUT2D eigenvalue weighted by Gasteiger charge is 2.31. The molecule has 0 fully saturated rings. The summed E-state index contributed by atoms with van der Waals surface area (Å²) >= 11 is 0. The summed E-state index contributed by atoms with van der Waals surface area (Å²) in [5.41, 5.74) is 5.04. The van der Waals surface area contributed by atoms with Crippen LogP contribution in [0.15, 0.2) is 17.1 Å². The topological polar surface area (TPSA) is 91.0 Å². The molecule has 2 atom stereocenters. The van der Waals surface area contributed by atoms with Crippen LogP contribution in [0.5, 0.6) is 0 Å². The maximum Gasteiger partial charge on any atom is 0.344 e. The summed E-state index contributed by atoms with van der Waals surface area (Å²) in [7, 11) is 1.25. The molecule has 1 rings (SSSR count). The van der Waals surface area contributed by atoms with E-state index in [-0.39, 0.29) is 19.3 Å². The van der Waals surface area contributed by atoms with Gasteiger partial charge in [0.1, 0.15) is 11.5 Å². The van der Waals surface area contributed by atoms with E-state index in [0.717, 1.165) is 0 Å². The van der Waals surface area contributed by atoms with E-state index in [1.54, 1.807) is 6.92 Å². The van der Waals surface area contributed by atoms with Crippen molar-refractivity contribution in [1.29, 1.82) is 0 Å². The van der Waals surface area contributed by atoms with Crippen molar-refractivity contribution in [1.82, 2.24) is 0 Å². The van der Waals surface area contributed by atoms with Gasteiger partial charge in [0, 0.05) is 6.42 Å². The van der Waals surface area contributed by atoms with Crippen molar-refractivity contribution in [2.75, 3.05) is 7.11 Å². The molecule has 1 aliphatic heterocycles. The number of methoxy groups -OCH3 is 1. The Morgan fingerprint density at radius 2 is 2.30 bits per heavy atom. The van der Waals surface area contributed by atoms with Crippen LogP contribution in [0.25, 0.3) is 0 Å². The Hall–Kier alpha value is -1.76. The third-order valence-corrected chi connectivity index (χ3v) is 3.15. The van der Waals surface area contributed by atoms with Gasteiger partial charge in [0.25, 0.3) is 0 Å². The van der Waals surface area contributed by atoms with Gasteiger partial charge in [-0.25, -0.2) is 9.18 Å². The number of nitrogens with zero attached hydrogens (tertiary/aromatic N) is 1. The van der Waals surface area contributed by atoms with Gasteiger partial charge >= 0.3 is 11.9 Å². The van der Waals surface area contributed by atoms with Crippen LogP contribution in [0.4, 0.5) is 4.39 Å². The number of carbonyl (C=O) groups excluding carboxylic acids is 2. The van der Waals surface area contributed by atoms with Crippen LogP contribution in [0, 0.1) is 5.92 Å². The van der Waals surface area contributed by atoms with Crippen molar-refractivity contribution < 1.29 is 23.6 Å². The van der Waals surface area contributed by atoms with Gasteiger partial charge in [-0.15, -0.1) is 0 Å². The standard InChI is InChI=1S/C13H19FN2O4/c1-8-10(11(17)20-16-8)7-9(14)5-4-6-13(2,15)12(18)19-3/h5,10H,4,6-7,15H2,1-3H3. The number of oxime groups is 1. The molecular formula is C13H19FN2O4. The summed E-state index contributed by atoms with van der Waals surface area (Å²) in [4.78, 5) is 27.1. The van der Waals surface area contributed by atoms with Crippen LogP contribution >= 0.6 is 0 Å². The summed E-state index contributed by atoms with van der Waals surface area (Å²) in [5.74, 6) is -2.22. The van der Waals surface area contributed by atoms with E-state index in [1.165, 1.54) is 20.1 Å². The minimum absolute atomic E-state index is 0.0896. The molecule has 0 aromatic heterocycles. The highest BCUT2D eigenvalue weighted by molar-refractivity contribution is 6.03. The molecule has 0 aliphatic carbocycles. The minimum Gasteiger partial charge on any atom is -0.468 e. The Labute approximate surface area is 116 Å². The predicted molar refractivity (Wildman–Crippen MR) is 70.3 cm³/mol. The molecule has 0 saturated heterocycles. The van der Waals surface area contributed by atoms with Crippen LogP contribution < -0.4 is 5.73 Å². The third-order valence-electron chi connectivity index (χ3n) is 3.15. The normalized spacial score (nSPS) is 22.1. The van der Waals surface area contributed by atoms with Crippen molar-refractivity contribution in [3.63, 3.8) is 0 Å². The number of rotatable bonds is 6.